The molecule has 0 aliphatic carbocycles. The molecule has 0 saturated heterocycles. The summed E-state index contributed by atoms with van der Waals surface area (Å²) in [7, 11) is 1.69. The minimum absolute atomic E-state index is 0.206. The van der Waals surface area contributed by atoms with Crippen LogP contribution in [0.2, 0.25) is 0 Å². The molecule has 0 bridgehead atoms. The molecule has 0 radical (unpaired) electrons. The van der Waals surface area contributed by atoms with Gasteiger partial charge in [0.05, 0.1) is 12.0 Å². The van der Waals surface area contributed by atoms with Crippen molar-refractivity contribution in [3.8, 4) is 0 Å². The van der Waals surface area contributed by atoms with E-state index in [-0.39, 0.29) is 5.38 Å². The second-order valence-corrected chi connectivity index (χ2v) is 4.40. The lowest BCUT2D eigenvalue weighted by atomic mass is 10.2. The van der Waals surface area contributed by atoms with Crippen molar-refractivity contribution in [2.75, 3.05) is 25.2 Å². The molecule has 0 aliphatic heterocycles. The second-order valence-electron chi connectivity index (χ2n) is 2.39. The van der Waals surface area contributed by atoms with Crippen LogP contribution in [0.1, 0.15) is 19.8 Å². The maximum Gasteiger partial charge on any atom is 0.0626 e. The standard InChI is InChI=1S/C8H17ClOS/c1-3-11-6-4-5-8(9)7-10-2/h8H,3-7H2,1-2H3. The predicted octanol–water partition coefficient (Wildman–Crippen LogP) is 2.77. The molecule has 0 heterocycles. The molecule has 0 spiro atoms. The Hall–Kier alpha value is 0.600. The number of hydrogen-bond acceptors (Lipinski definition) is 2. The fraction of sp³-hybridized carbons (Fsp3) is 1.00. The Morgan fingerprint density at radius 2 is 2.27 bits per heavy atom. The van der Waals surface area contributed by atoms with Crippen LogP contribution in [-0.2, 0) is 4.74 Å². The molecule has 68 valence electrons. The molecule has 1 unspecified atom stereocenters. The highest BCUT2D eigenvalue weighted by molar-refractivity contribution is 7.99. The third-order valence-electron chi connectivity index (χ3n) is 1.36. The molecule has 11 heavy (non-hydrogen) atoms. The average molecular weight is 197 g/mol. The van der Waals surface area contributed by atoms with Crippen molar-refractivity contribution in [2.45, 2.75) is 25.1 Å². The Bertz CT molecular complexity index is 80.5. The molecular formula is C8H17ClOS. The fourth-order valence-corrected chi connectivity index (χ4v) is 1.76. The smallest absolute Gasteiger partial charge is 0.0626 e. The Labute approximate surface area is 78.8 Å². The number of ether oxygens (including phenoxy) is 1. The summed E-state index contributed by atoms with van der Waals surface area (Å²) in [5, 5.41) is 0.206. The molecule has 3 heteroatoms. The van der Waals surface area contributed by atoms with Crippen LogP contribution in [0.4, 0.5) is 0 Å². The summed E-state index contributed by atoms with van der Waals surface area (Å²) in [5.74, 6) is 2.43. The van der Waals surface area contributed by atoms with E-state index < -0.39 is 0 Å². The molecule has 0 aromatic carbocycles. The topological polar surface area (TPSA) is 9.23 Å². The summed E-state index contributed by atoms with van der Waals surface area (Å²) in [6.45, 7) is 2.86. The molecule has 0 aliphatic rings. The molecule has 0 fully saturated rings. The average Bonchev–Trinajstić information content (AvgIpc) is 1.99. The van der Waals surface area contributed by atoms with Crippen LogP contribution >= 0.6 is 23.4 Å². The summed E-state index contributed by atoms with van der Waals surface area (Å²) in [6.07, 6.45) is 2.28. The molecule has 0 saturated carbocycles. The van der Waals surface area contributed by atoms with Crippen molar-refractivity contribution in [3.63, 3.8) is 0 Å². The first-order valence-corrected chi connectivity index (χ1v) is 5.61. The molecule has 0 amide bonds. The molecule has 1 nitrogen and oxygen atoms in total. The van der Waals surface area contributed by atoms with Crippen molar-refractivity contribution >= 4 is 23.4 Å². The summed E-state index contributed by atoms with van der Waals surface area (Å²) in [6, 6.07) is 0. The predicted molar refractivity (Wildman–Crippen MR) is 53.8 cm³/mol. The Balaban J connectivity index is 2.97. The lowest BCUT2D eigenvalue weighted by Crippen LogP contribution is -2.07. The summed E-state index contributed by atoms with van der Waals surface area (Å²) < 4.78 is 4.92. The van der Waals surface area contributed by atoms with E-state index in [0.29, 0.717) is 6.61 Å². The maximum absolute atomic E-state index is 5.93. The number of methoxy groups -OCH3 is 1. The molecule has 0 aromatic rings. The molecule has 1 atom stereocenters. The summed E-state index contributed by atoms with van der Waals surface area (Å²) >= 11 is 7.89. The minimum atomic E-state index is 0.206. The van der Waals surface area contributed by atoms with E-state index in [1.165, 1.54) is 17.9 Å². The zero-order chi connectivity index (χ0) is 8.53. The molecular weight excluding hydrogens is 180 g/mol. The highest BCUT2D eigenvalue weighted by atomic mass is 35.5. The van der Waals surface area contributed by atoms with Crippen LogP contribution in [0, 0.1) is 0 Å². The zero-order valence-electron chi connectivity index (χ0n) is 7.31. The van der Waals surface area contributed by atoms with Crippen molar-refractivity contribution < 1.29 is 4.74 Å². The Kier molecular flexibility index (Phi) is 9.17. The van der Waals surface area contributed by atoms with Gasteiger partial charge in [0.25, 0.3) is 0 Å². The van der Waals surface area contributed by atoms with Gasteiger partial charge in [-0.15, -0.1) is 11.6 Å². The molecule has 0 rings (SSSR count). The third-order valence-corrected chi connectivity index (χ3v) is 2.69. The van der Waals surface area contributed by atoms with Crippen LogP contribution in [0.3, 0.4) is 0 Å². The monoisotopic (exact) mass is 196 g/mol. The van der Waals surface area contributed by atoms with E-state index in [4.69, 9.17) is 16.3 Å². The zero-order valence-corrected chi connectivity index (χ0v) is 8.88. The minimum Gasteiger partial charge on any atom is -0.383 e. The van der Waals surface area contributed by atoms with Gasteiger partial charge in [0, 0.05) is 7.11 Å². The van der Waals surface area contributed by atoms with E-state index in [0.717, 1.165) is 6.42 Å². The van der Waals surface area contributed by atoms with Gasteiger partial charge in [0.1, 0.15) is 0 Å². The van der Waals surface area contributed by atoms with E-state index in [1.54, 1.807) is 7.11 Å². The quantitative estimate of drug-likeness (QED) is 0.458. The first-order valence-electron chi connectivity index (χ1n) is 4.02. The van der Waals surface area contributed by atoms with Gasteiger partial charge in [-0.05, 0) is 24.3 Å². The maximum atomic E-state index is 5.93. The SMILES string of the molecule is CCSCCCC(Cl)COC. The lowest BCUT2D eigenvalue weighted by Gasteiger charge is -2.06. The fourth-order valence-electron chi connectivity index (χ4n) is 0.815. The highest BCUT2D eigenvalue weighted by Crippen LogP contribution is 2.09. The lowest BCUT2D eigenvalue weighted by molar-refractivity contribution is 0.195. The van der Waals surface area contributed by atoms with Crippen LogP contribution < -0.4 is 0 Å². The number of halogens is 1. The Morgan fingerprint density at radius 3 is 2.82 bits per heavy atom. The van der Waals surface area contributed by atoms with Gasteiger partial charge in [0.15, 0.2) is 0 Å². The van der Waals surface area contributed by atoms with Gasteiger partial charge >= 0.3 is 0 Å². The van der Waals surface area contributed by atoms with Crippen LogP contribution in [0.5, 0.6) is 0 Å². The number of rotatable bonds is 7. The van der Waals surface area contributed by atoms with E-state index in [9.17, 15) is 0 Å². The van der Waals surface area contributed by atoms with Gasteiger partial charge in [-0.25, -0.2) is 0 Å². The van der Waals surface area contributed by atoms with E-state index in [2.05, 4.69) is 6.92 Å². The van der Waals surface area contributed by atoms with E-state index >= 15 is 0 Å². The summed E-state index contributed by atoms with van der Waals surface area (Å²) in [4.78, 5) is 0. The van der Waals surface area contributed by atoms with Crippen molar-refractivity contribution in [2.24, 2.45) is 0 Å². The van der Waals surface area contributed by atoms with Gasteiger partial charge in [-0.3, -0.25) is 0 Å². The van der Waals surface area contributed by atoms with Gasteiger partial charge in [-0.2, -0.15) is 11.8 Å². The Morgan fingerprint density at radius 1 is 1.55 bits per heavy atom. The van der Waals surface area contributed by atoms with Gasteiger partial charge in [0.2, 0.25) is 0 Å². The largest absolute Gasteiger partial charge is 0.383 e. The van der Waals surface area contributed by atoms with Gasteiger partial charge in [-0.1, -0.05) is 6.92 Å². The number of alkyl halides is 1. The van der Waals surface area contributed by atoms with Crippen molar-refractivity contribution in [1.82, 2.24) is 0 Å². The highest BCUT2D eigenvalue weighted by Gasteiger charge is 2.02. The second kappa shape index (κ2) is 8.69. The molecule has 0 N–H and O–H groups in total. The van der Waals surface area contributed by atoms with Crippen LogP contribution in [-0.4, -0.2) is 30.6 Å². The van der Waals surface area contributed by atoms with Crippen molar-refractivity contribution in [3.05, 3.63) is 0 Å². The van der Waals surface area contributed by atoms with Crippen LogP contribution in [0.25, 0.3) is 0 Å². The number of thioether (sulfide) groups is 1. The normalized spacial score (nSPS) is 13.4. The number of hydrogen-bond donors (Lipinski definition) is 0. The third kappa shape index (κ3) is 8.51. The first kappa shape index (κ1) is 11.6. The van der Waals surface area contributed by atoms with Gasteiger partial charge < -0.3 is 4.74 Å². The molecule has 0 aromatic heterocycles. The summed E-state index contributed by atoms with van der Waals surface area (Å²) in [5.41, 5.74) is 0. The van der Waals surface area contributed by atoms with Crippen LogP contribution in [0.15, 0.2) is 0 Å². The van der Waals surface area contributed by atoms with E-state index in [1.807, 2.05) is 11.8 Å². The van der Waals surface area contributed by atoms with Crippen molar-refractivity contribution in [1.29, 1.82) is 0 Å². The first-order chi connectivity index (χ1) is 5.31.